The van der Waals surface area contributed by atoms with Gasteiger partial charge in [-0.15, -0.1) is 0 Å². The molecule has 0 N–H and O–H groups in total. The van der Waals surface area contributed by atoms with Crippen molar-refractivity contribution < 1.29 is 4.74 Å². The van der Waals surface area contributed by atoms with Crippen molar-refractivity contribution >= 4 is 27.5 Å². The summed E-state index contributed by atoms with van der Waals surface area (Å²) in [4.78, 5) is 8.99. The lowest BCUT2D eigenvalue weighted by Gasteiger charge is -2.11. The first kappa shape index (κ1) is 14.0. The Kier molecular flexibility index (Phi) is 4.34. The second-order valence-corrected chi connectivity index (χ2v) is 5.95. The number of nitrogens with zero attached hydrogens (tertiary/aromatic N) is 2. The summed E-state index contributed by atoms with van der Waals surface area (Å²) in [5.41, 5.74) is 1.86. The lowest BCUT2D eigenvalue weighted by molar-refractivity contribution is 0.110. The van der Waals surface area contributed by atoms with Gasteiger partial charge in [-0.05, 0) is 28.8 Å². The molecule has 1 aliphatic rings. The second kappa shape index (κ2) is 6.20. The number of aromatic nitrogens is 2. The molecule has 1 atom stereocenters. The number of halogens is 2. The Morgan fingerprint density at radius 1 is 1.25 bits per heavy atom. The van der Waals surface area contributed by atoms with Crippen LogP contribution in [0.4, 0.5) is 0 Å². The average molecular weight is 354 g/mol. The lowest BCUT2D eigenvalue weighted by Crippen LogP contribution is -2.12. The Labute approximate surface area is 131 Å². The molecule has 1 saturated heterocycles. The Hall–Kier alpha value is -0.970. The largest absolute Gasteiger partial charge is 0.378 e. The highest BCUT2D eigenvalue weighted by Gasteiger charge is 2.19. The molecule has 1 aromatic heterocycles. The number of hydrogen-bond acceptors (Lipinski definition) is 3. The van der Waals surface area contributed by atoms with Gasteiger partial charge in [0.25, 0.3) is 0 Å². The maximum absolute atomic E-state index is 6.22. The van der Waals surface area contributed by atoms with Crippen molar-refractivity contribution in [2.75, 3.05) is 6.61 Å². The van der Waals surface area contributed by atoms with Crippen LogP contribution in [0, 0.1) is 0 Å². The fourth-order valence-corrected chi connectivity index (χ4v) is 2.94. The maximum atomic E-state index is 6.22. The number of hydrogen-bond donors (Lipinski definition) is 0. The Bertz CT molecular complexity index is 600. The van der Waals surface area contributed by atoms with Crippen molar-refractivity contribution in [3.05, 3.63) is 45.8 Å². The molecule has 2 aromatic rings. The Morgan fingerprint density at radius 2 is 2.05 bits per heavy atom. The van der Waals surface area contributed by atoms with Crippen LogP contribution in [0.1, 0.15) is 18.7 Å². The van der Waals surface area contributed by atoms with E-state index in [1.54, 1.807) is 0 Å². The number of rotatable bonds is 3. The summed E-state index contributed by atoms with van der Waals surface area (Å²) in [6, 6.07) is 9.97. The van der Waals surface area contributed by atoms with Gasteiger partial charge in [-0.2, -0.15) is 0 Å². The summed E-state index contributed by atoms with van der Waals surface area (Å²) >= 11 is 9.69. The van der Waals surface area contributed by atoms with Gasteiger partial charge in [-0.3, -0.25) is 0 Å². The molecule has 5 heteroatoms. The highest BCUT2D eigenvalue weighted by molar-refractivity contribution is 9.10. The molecule has 3 nitrogen and oxygen atoms in total. The quantitative estimate of drug-likeness (QED) is 0.773. The van der Waals surface area contributed by atoms with E-state index in [-0.39, 0.29) is 6.10 Å². The molecule has 1 unspecified atom stereocenters. The molecule has 1 aliphatic heterocycles. The number of benzene rings is 1. The van der Waals surface area contributed by atoms with E-state index in [2.05, 4.69) is 25.9 Å². The van der Waals surface area contributed by atoms with E-state index < -0.39 is 0 Å². The third-order valence-electron chi connectivity index (χ3n) is 3.34. The second-order valence-electron chi connectivity index (χ2n) is 4.80. The maximum Gasteiger partial charge on any atom is 0.147 e. The van der Waals surface area contributed by atoms with Crippen LogP contribution in [0.2, 0.25) is 5.15 Å². The Morgan fingerprint density at radius 3 is 2.75 bits per heavy atom. The Balaban J connectivity index is 1.95. The third-order valence-corrected chi connectivity index (χ3v) is 4.59. The van der Waals surface area contributed by atoms with Crippen LogP contribution in [0.15, 0.2) is 34.8 Å². The summed E-state index contributed by atoms with van der Waals surface area (Å²) in [7, 11) is 0. The minimum atomic E-state index is 0.218. The minimum absolute atomic E-state index is 0.218. The molecule has 0 spiro atoms. The van der Waals surface area contributed by atoms with E-state index in [4.69, 9.17) is 16.3 Å². The molecule has 0 aliphatic carbocycles. The monoisotopic (exact) mass is 352 g/mol. The predicted molar refractivity (Wildman–Crippen MR) is 82.9 cm³/mol. The summed E-state index contributed by atoms with van der Waals surface area (Å²) in [5, 5.41) is 0.451. The molecule has 3 rings (SSSR count). The van der Waals surface area contributed by atoms with Crippen molar-refractivity contribution in [1.82, 2.24) is 9.97 Å². The van der Waals surface area contributed by atoms with Crippen LogP contribution in [0.5, 0.6) is 0 Å². The first-order chi connectivity index (χ1) is 9.74. The van der Waals surface area contributed by atoms with Gasteiger partial charge in [0.1, 0.15) is 11.0 Å². The highest BCUT2D eigenvalue weighted by Crippen LogP contribution is 2.31. The van der Waals surface area contributed by atoms with Crippen molar-refractivity contribution in [2.45, 2.75) is 25.4 Å². The smallest absolute Gasteiger partial charge is 0.147 e. The van der Waals surface area contributed by atoms with Crippen LogP contribution in [0.3, 0.4) is 0 Å². The van der Waals surface area contributed by atoms with E-state index in [9.17, 15) is 0 Å². The molecular formula is C15H14BrClN2O. The summed E-state index contributed by atoms with van der Waals surface area (Å²) in [6.07, 6.45) is 3.11. The summed E-state index contributed by atoms with van der Waals surface area (Å²) in [5.74, 6) is 0.740. The molecule has 104 valence electrons. The van der Waals surface area contributed by atoms with Gasteiger partial charge in [0, 0.05) is 18.6 Å². The fourth-order valence-electron chi connectivity index (χ4n) is 2.35. The van der Waals surface area contributed by atoms with Crippen LogP contribution >= 0.6 is 27.5 Å². The van der Waals surface area contributed by atoms with E-state index in [1.807, 2.05) is 30.3 Å². The van der Waals surface area contributed by atoms with Gasteiger partial charge in [0.15, 0.2) is 0 Å². The van der Waals surface area contributed by atoms with Gasteiger partial charge >= 0.3 is 0 Å². The molecule has 0 radical (unpaired) electrons. The van der Waals surface area contributed by atoms with Gasteiger partial charge in [-0.1, -0.05) is 41.9 Å². The fraction of sp³-hybridized carbons (Fsp3) is 0.333. The zero-order valence-electron chi connectivity index (χ0n) is 10.9. The van der Waals surface area contributed by atoms with Gasteiger partial charge < -0.3 is 4.74 Å². The molecule has 0 bridgehead atoms. The molecule has 0 saturated carbocycles. The molecule has 20 heavy (non-hydrogen) atoms. The highest BCUT2D eigenvalue weighted by atomic mass is 79.9. The van der Waals surface area contributed by atoms with E-state index >= 15 is 0 Å². The van der Waals surface area contributed by atoms with E-state index in [0.29, 0.717) is 11.6 Å². The van der Waals surface area contributed by atoms with Crippen LogP contribution < -0.4 is 0 Å². The predicted octanol–water partition coefficient (Wildman–Crippen LogP) is 4.28. The summed E-state index contributed by atoms with van der Waals surface area (Å²) < 4.78 is 6.38. The van der Waals surface area contributed by atoms with Crippen LogP contribution in [-0.2, 0) is 11.2 Å². The summed E-state index contributed by atoms with van der Waals surface area (Å²) in [6.45, 7) is 0.834. The SMILES string of the molecule is Clc1nc(CC2CCCO2)nc(-c2ccccc2)c1Br. The van der Waals surface area contributed by atoms with Crippen molar-refractivity contribution in [3.63, 3.8) is 0 Å². The lowest BCUT2D eigenvalue weighted by atomic mass is 10.1. The van der Waals surface area contributed by atoms with Gasteiger partial charge in [0.2, 0.25) is 0 Å². The molecule has 0 amide bonds. The first-order valence-corrected chi connectivity index (χ1v) is 7.80. The standard InChI is InChI=1S/C15H14BrClN2O/c16-13-14(10-5-2-1-3-6-10)18-12(19-15(13)17)9-11-7-4-8-20-11/h1-3,5-6,11H,4,7-9H2. The molecular weight excluding hydrogens is 340 g/mol. The zero-order chi connectivity index (χ0) is 13.9. The topological polar surface area (TPSA) is 35.0 Å². The molecule has 1 fully saturated rings. The third kappa shape index (κ3) is 3.03. The van der Waals surface area contributed by atoms with Gasteiger partial charge in [-0.25, -0.2) is 9.97 Å². The first-order valence-electron chi connectivity index (χ1n) is 6.63. The zero-order valence-corrected chi connectivity index (χ0v) is 13.2. The van der Waals surface area contributed by atoms with Crippen LogP contribution in [-0.4, -0.2) is 22.7 Å². The number of ether oxygens (including phenoxy) is 1. The van der Waals surface area contributed by atoms with Crippen molar-refractivity contribution in [2.24, 2.45) is 0 Å². The van der Waals surface area contributed by atoms with Crippen molar-refractivity contribution in [3.8, 4) is 11.3 Å². The molecule has 2 heterocycles. The van der Waals surface area contributed by atoms with Crippen LogP contribution in [0.25, 0.3) is 11.3 Å². The minimum Gasteiger partial charge on any atom is -0.378 e. The van der Waals surface area contributed by atoms with Gasteiger partial charge in [0.05, 0.1) is 16.3 Å². The van der Waals surface area contributed by atoms with E-state index in [0.717, 1.165) is 41.0 Å². The van der Waals surface area contributed by atoms with Crippen molar-refractivity contribution in [1.29, 1.82) is 0 Å². The van der Waals surface area contributed by atoms with E-state index in [1.165, 1.54) is 0 Å². The normalized spacial score (nSPS) is 18.4. The molecule has 1 aromatic carbocycles. The average Bonchev–Trinajstić information content (AvgIpc) is 2.96.